The van der Waals surface area contributed by atoms with Crippen LogP contribution in [0, 0.1) is 11.8 Å². The van der Waals surface area contributed by atoms with Crippen molar-refractivity contribution in [2.24, 2.45) is 17.6 Å². The molecular weight excluding hydrogens is 252 g/mol. The van der Waals surface area contributed by atoms with E-state index in [9.17, 15) is 0 Å². The van der Waals surface area contributed by atoms with E-state index in [4.69, 9.17) is 5.73 Å². The Hall–Kier alpha value is 0.270. The van der Waals surface area contributed by atoms with Crippen molar-refractivity contribution in [2.45, 2.75) is 62.7 Å². The minimum atomic E-state index is 0.337. The number of nitrogens with two attached hydrogens (primary N) is 1. The molecule has 2 unspecified atom stereocenters. The molecule has 1 heterocycles. The van der Waals surface area contributed by atoms with Crippen LogP contribution in [0.1, 0.15) is 52.4 Å². The van der Waals surface area contributed by atoms with Crippen molar-refractivity contribution in [2.75, 3.05) is 25.4 Å². The normalized spacial score (nSPS) is 40.3. The molecule has 0 spiro atoms. The van der Waals surface area contributed by atoms with E-state index in [2.05, 4.69) is 30.5 Å². The molecule has 3 aliphatic rings. The van der Waals surface area contributed by atoms with E-state index in [-0.39, 0.29) is 0 Å². The quantitative estimate of drug-likeness (QED) is 0.862. The molecule has 3 rings (SSSR count). The van der Waals surface area contributed by atoms with E-state index in [0.717, 1.165) is 18.4 Å². The first-order valence-corrected chi connectivity index (χ1v) is 9.12. The van der Waals surface area contributed by atoms with Gasteiger partial charge in [0.05, 0.1) is 0 Å². The highest BCUT2D eigenvalue weighted by atomic mass is 32.2. The van der Waals surface area contributed by atoms with Crippen molar-refractivity contribution in [3.63, 3.8) is 0 Å². The molecule has 0 radical (unpaired) electrons. The van der Waals surface area contributed by atoms with E-state index in [1.54, 1.807) is 0 Å². The number of thioether (sulfide) groups is 1. The van der Waals surface area contributed by atoms with Gasteiger partial charge in [-0.25, -0.2) is 0 Å². The Kier molecular flexibility index (Phi) is 3.92. The average molecular weight is 282 g/mol. The summed E-state index contributed by atoms with van der Waals surface area (Å²) in [6.07, 6.45) is 8.59. The van der Waals surface area contributed by atoms with Gasteiger partial charge >= 0.3 is 0 Å². The van der Waals surface area contributed by atoms with Gasteiger partial charge < -0.3 is 5.73 Å². The molecule has 3 fully saturated rings. The fourth-order valence-electron chi connectivity index (χ4n) is 4.38. The van der Waals surface area contributed by atoms with Crippen molar-refractivity contribution in [3.05, 3.63) is 0 Å². The van der Waals surface area contributed by atoms with Crippen LogP contribution in [0.3, 0.4) is 0 Å². The summed E-state index contributed by atoms with van der Waals surface area (Å²) in [5.74, 6) is 3.32. The van der Waals surface area contributed by atoms with Gasteiger partial charge in [-0.1, -0.05) is 12.8 Å². The highest BCUT2D eigenvalue weighted by Crippen LogP contribution is 2.49. The molecule has 3 heteroatoms. The van der Waals surface area contributed by atoms with Crippen molar-refractivity contribution in [3.8, 4) is 0 Å². The third kappa shape index (κ3) is 2.98. The Labute approximate surface area is 122 Å². The fraction of sp³-hybridized carbons (Fsp3) is 1.00. The maximum absolute atomic E-state index is 6.29. The van der Waals surface area contributed by atoms with Gasteiger partial charge in [-0.2, -0.15) is 11.8 Å². The zero-order chi connectivity index (χ0) is 13.5. The number of hydrogen-bond acceptors (Lipinski definition) is 3. The lowest BCUT2D eigenvalue weighted by atomic mass is 9.72. The van der Waals surface area contributed by atoms with Crippen LogP contribution in [-0.2, 0) is 0 Å². The molecule has 2 atom stereocenters. The maximum Gasteiger partial charge on any atom is 0.0335 e. The molecule has 1 saturated heterocycles. The maximum atomic E-state index is 6.29. The van der Waals surface area contributed by atoms with E-state index >= 15 is 0 Å². The first-order valence-electron chi connectivity index (χ1n) is 8.14. The molecular formula is C16H30N2S. The highest BCUT2D eigenvalue weighted by molar-refractivity contribution is 8.00. The summed E-state index contributed by atoms with van der Waals surface area (Å²) in [7, 11) is 0. The van der Waals surface area contributed by atoms with E-state index < -0.39 is 0 Å². The highest BCUT2D eigenvalue weighted by Gasteiger charge is 2.46. The largest absolute Gasteiger partial charge is 0.329 e. The molecule has 110 valence electrons. The molecule has 0 aromatic rings. The Morgan fingerprint density at radius 1 is 1.21 bits per heavy atom. The van der Waals surface area contributed by atoms with E-state index in [1.807, 2.05) is 0 Å². The molecule has 2 aliphatic carbocycles. The van der Waals surface area contributed by atoms with Gasteiger partial charge in [0.2, 0.25) is 0 Å². The predicted molar refractivity (Wildman–Crippen MR) is 84.6 cm³/mol. The molecule has 0 aromatic heterocycles. The summed E-state index contributed by atoms with van der Waals surface area (Å²) in [5.41, 5.74) is 6.63. The van der Waals surface area contributed by atoms with Gasteiger partial charge in [0, 0.05) is 35.7 Å². The van der Waals surface area contributed by atoms with Crippen LogP contribution in [0.25, 0.3) is 0 Å². The molecule has 2 saturated carbocycles. The van der Waals surface area contributed by atoms with Crippen molar-refractivity contribution >= 4 is 11.8 Å². The van der Waals surface area contributed by atoms with Crippen molar-refractivity contribution in [1.29, 1.82) is 0 Å². The SMILES string of the molecule is CC1(C)CN(C2(CN)CCCC(C3CC3)C2)CCS1. The molecule has 0 aromatic carbocycles. The van der Waals surface area contributed by atoms with Gasteiger partial charge in [0.1, 0.15) is 0 Å². The Balaban J connectivity index is 1.73. The Morgan fingerprint density at radius 3 is 2.63 bits per heavy atom. The standard InChI is InChI=1S/C16H30N2S/c1-15(2)12-18(8-9-19-15)16(11-17)7-3-4-14(10-16)13-5-6-13/h13-14H,3-12,17H2,1-2H3. The van der Waals surface area contributed by atoms with Crippen LogP contribution < -0.4 is 5.73 Å². The lowest BCUT2D eigenvalue weighted by molar-refractivity contribution is 0.0275. The Bertz CT molecular complexity index is 327. The third-order valence-electron chi connectivity index (χ3n) is 5.62. The molecule has 0 amide bonds. The minimum absolute atomic E-state index is 0.337. The molecule has 2 nitrogen and oxygen atoms in total. The van der Waals surface area contributed by atoms with Crippen LogP contribution in [0.4, 0.5) is 0 Å². The fourth-order valence-corrected chi connectivity index (χ4v) is 5.49. The summed E-state index contributed by atoms with van der Waals surface area (Å²) in [6.45, 7) is 8.15. The molecule has 1 aliphatic heterocycles. The first-order chi connectivity index (χ1) is 9.05. The Morgan fingerprint density at radius 2 is 2.00 bits per heavy atom. The summed E-state index contributed by atoms with van der Waals surface area (Å²) in [6, 6.07) is 0. The summed E-state index contributed by atoms with van der Waals surface area (Å²) < 4.78 is 0.410. The van der Waals surface area contributed by atoms with Crippen molar-refractivity contribution < 1.29 is 0 Å². The van der Waals surface area contributed by atoms with Gasteiger partial charge in [-0.3, -0.25) is 4.90 Å². The zero-order valence-electron chi connectivity index (χ0n) is 12.7. The number of rotatable bonds is 3. The first kappa shape index (κ1) is 14.2. The summed E-state index contributed by atoms with van der Waals surface area (Å²) in [5, 5.41) is 0. The molecule has 19 heavy (non-hydrogen) atoms. The number of nitrogens with zero attached hydrogens (tertiary/aromatic N) is 1. The minimum Gasteiger partial charge on any atom is -0.329 e. The van der Waals surface area contributed by atoms with Crippen LogP contribution in [0.5, 0.6) is 0 Å². The monoisotopic (exact) mass is 282 g/mol. The summed E-state index contributed by atoms with van der Waals surface area (Å²) >= 11 is 2.13. The van der Waals surface area contributed by atoms with Gasteiger partial charge in [-0.15, -0.1) is 0 Å². The van der Waals surface area contributed by atoms with Crippen molar-refractivity contribution in [1.82, 2.24) is 4.90 Å². The predicted octanol–water partition coefficient (Wildman–Crippen LogP) is 3.11. The van der Waals surface area contributed by atoms with Gasteiger partial charge in [0.15, 0.2) is 0 Å². The lowest BCUT2D eigenvalue weighted by Gasteiger charge is -2.52. The second-order valence-corrected chi connectivity index (χ2v) is 9.45. The number of hydrogen-bond donors (Lipinski definition) is 1. The van der Waals surface area contributed by atoms with E-state index in [1.165, 1.54) is 57.4 Å². The van der Waals surface area contributed by atoms with Crippen LogP contribution in [0.2, 0.25) is 0 Å². The van der Waals surface area contributed by atoms with Crippen LogP contribution >= 0.6 is 11.8 Å². The summed E-state index contributed by atoms with van der Waals surface area (Å²) in [4.78, 5) is 2.78. The third-order valence-corrected chi connectivity index (χ3v) is 6.92. The molecule has 2 N–H and O–H groups in total. The smallest absolute Gasteiger partial charge is 0.0335 e. The second-order valence-electron chi connectivity index (χ2n) is 7.65. The topological polar surface area (TPSA) is 29.3 Å². The van der Waals surface area contributed by atoms with Crippen LogP contribution in [-0.4, -0.2) is 40.6 Å². The van der Waals surface area contributed by atoms with Gasteiger partial charge in [-0.05, 0) is 51.4 Å². The van der Waals surface area contributed by atoms with E-state index in [0.29, 0.717) is 10.3 Å². The zero-order valence-corrected chi connectivity index (χ0v) is 13.5. The van der Waals surface area contributed by atoms with Crippen LogP contribution in [0.15, 0.2) is 0 Å². The van der Waals surface area contributed by atoms with Gasteiger partial charge in [0.25, 0.3) is 0 Å². The molecule has 0 bridgehead atoms. The lowest BCUT2D eigenvalue weighted by Crippen LogP contribution is -2.61. The second kappa shape index (κ2) is 5.23. The average Bonchev–Trinajstić information content (AvgIpc) is 3.22.